The Labute approximate surface area is 128 Å². The summed E-state index contributed by atoms with van der Waals surface area (Å²) in [5.41, 5.74) is 8.35. The lowest BCUT2D eigenvalue weighted by molar-refractivity contribution is -0.122. The maximum atomic E-state index is 11.6. The third kappa shape index (κ3) is 2.24. The Morgan fingerprint density at radius 3 is 2.73 bits per heavy atom. The molecular weight excluding hydrogens is 276 g/mol. The Hall–Kier alpha value is -2.69. The van der Waals surface area contributed by atoms with Crippen molar-refractivity contribution in [3.63, 3.8) is 0 Å². The summed E-state index contributed by atoms with van der Waals surface area (Å²) in [6.45, 7) is 5.61. The molecule has 0 radical (unpaired) electrons. The largest absolute Gasteiger partial charge is 0.369 e. The summed E-state index contributed by atoms with van der Waals surface area (Å²) in [5, 5.41) is 1.07. The number of hydrogen-bond acceptors (Lipinski definition) is 3. The third-order valence-electron chi connectivity index (χ3n) is 4.00. The van der Waals surface area contributed by atoms with Crippen LogP contribution in [0.5, 0.6) is 0 Å². The highest BCUT2D eigenvalue weighted by Gasteiger charge is 2.28. The monoisotopic (exact) mass is 294 g/mol. The van der Waals surface area contributed by atoms with E-state index in [0.717, 1.165) is 27.8 Å². The van der Waals surface area contributed by atoms with Crippen LogP contribution >= 0.6 is 0 Å². The molecule has 0 saturated heterocycles. The van der Waals surface area contributed by atoms with E-state index in [1.54, 1.807) is 26.2 Å². The second-order valence-corrected chi connectivity index (χ2v) is 6.03. The van der Waals surface area contributed by atoms with E-state index in [4.69, 9.17) is 5.73 Å². The van der Waals surface area contributed by atoms with E-state index < -0.39 is 5.41 Å². The molecule has 3 aromatic rings. The first-order valence-corrected chi connectivity index (χ1v) is 7.09. The topological polar surface area (TPSA) is 73.8 Å². The molecule has 0 atom stereocenters. The molecule has 0 aliphatic carbocycles. The maximum absolute atomic E-state index is 11.6. The van der Waals surface area contributed by atoms with Gasteiger partial charge in [-0.2, -0.15) is 0 Å². The van der Waals surface area contributed by atoms with Crippen molar-refractivity contribution in [3.8, 4) is 5.69 Å². The number of aromatic nitrogens is 3. The molecule has 3 heterocycles. The van der Waals surface area contributed by atoms with Crippen molar-refractivity contribution in [1.29, 1.82) is 0 Å². The van der Waals surface area contributed by atoms with Crippen LogP contribution in [0.3, 0.4) is 0 Å². The molecule has 5 heteroatoms. The van der Waals surface area contributed by atoms with Crippen LogP contribution in [-0.4, -0.2) is 20.4 Å². The fourth-order valence-electron chi connectivity index (χ4n) is 2.39. The highest BCUT2D eigenvalue weighted by Crippen LogP contribution is 2.25. The van der Waals surface area contributed by atoms with Gasteiger partial charge in [0.1, 0.15) is 5.65 Å². The smallest absolute Gasteiger partial charge is 0.227 e. The quantitative estimate of drug-likeness (QED) is 0.806. The zero-order chi connectivity index (χ0) is 15.9. The molecule has 0 fully saturated rings. The van der Waals surface area contributed by atoms with Crippen LogP contribution in [0.15, 0.2) is 43.0 Å². The number of carbonyl (C=O) groups is 1. The normalized spacial score (nSPS) is 11.8. The van der Waals surface area contributed by atoms with Crippen molar-refractivity contribution < 1.29 is 4.79 Å². The van der Waals surface area contributed by atoms with Gasteiger partial charge in [-0.15, -0.1) is 0 Å². The second-order valence-electron chi connectivity index (χ2n) is 6.03. The number of amides is 1. The lowest BCUT2D eigenvalue weighted by Gasteiger charge is -2.21. The SMILES string of the molecule is Cc1cnc2c(ccn2-c2cncc(C(C)(C)C(N)=O)c2)c1. The molecule has 2 N–H and O–H groups in total. The van der Waals surface area contributed by atoms with Crippen molar-refractivity contribution in [3.05, 3.63) is 54.1 Å². The van der Waals surface area contributed by atoms with Gasteiger partial charge in [0.25, 0.3) is 0 Å². The Morgan fingerprint density at radius 1 is 1.23 bits per heavy atom. The molecular formula is C17H18N4O. The van der Waals surface area contributed by atoms with Crippen LogP contribution in [0, 0.1) is 6.92 Å². The first-order valence-electron chi connectivity index (χ1n) is 7.09. The van der Waals surface area contributed by atoms with Crippen molar-refractivity contribution in [2.24, 2.45) is 5.73 Å². The predicted octanol–water partition coefficient (Wildman–Crippen LogP) is 2.49. The van der Waals surface area contributed by atoms with Gasteiger partial charge in [0, 0.05) is 24.0 Å². The Balaban J connectivity index is 2.14. The summed E-state index contributed by atoms with van der Waals surface area (Å²) in [7, 11) is 0. The summed E-state index contributed by atoms with van der Waals surface area (Å²) < 4.78 is 1.96. The summed E-state index contributed by atoms with van der Waals surface area (Å²) in [5.74, 6) is -0.377. The summed E-state index contributed by atoms with van der Waals surface area (Å²) in [6.07, 6.45) is 7.22. The molecule has 3 rings (SSSR count). The van der Waals surface area contributed by atoms with Crippen molar-refractivity contribution in [2.75, 3.05) is 0 Å². The number of carbonyl (C=O) groups excluding carboxylic acids is 1. The standard InChI is InChI=1S/C17H18N4O/c1-11-6-12-4-5-21(15(12)20-8-11)14-7-13(9-19-10-14)17(2,3)16(18)22/h4-10H,1-3H3,(H2,18,22). The first-order chi connectivity index (χ1) is 10.4. The number of primary amides is 1. The fraction of sp³-hybridized carbons (Fsp3) is 0.235. The number of pyridine rings is 2. The molecule has 0 unspecified atom stereocenters. The van der Waals surface area contributed by atoms with Crippen LogP contribution in [0.1, 0.15) is 25.0 Å². The minimum absolute atomic E-state index is 0.377. The van der Waals surface area contributed by atoms with E-state index in [2.05, 4.69) is 16.0 Å². The zero-order valence-electron chi connectivity index (χ0n) is 12.9. The predicted molar refractivity (Wildman–Crippen MR) is 85.8 cm³/mol. The number of nitrogens with two attached hydrogens (primary N) is 1. The van der Waals surface area contributed by atoms with Crippen molar-refractivity contribution >= 4 is 16.9 Å². The van der Waals surface area contributed by atoms with Gasteiger partial charge in [0.05, 0.1) is 17.3 Å². The molecule has 0 bridgehead atoms. The average molecular weight is 294 g/mol. The molecule has 0 aliphatic rings. The van der Waals surface area contributed by atoms with Gasteiger partial charge in [-0.3, -0.25) is 14.3 Å². The third-order valence-corrected chi connectivity index (χ3v) is 4.00. The van der Waals surface area contributed by atoms with E-state index in [1.807, 2.05) is 36.0 Å². The Kier molecular flexibility index (Phi) is 3.20. The molecule has 0 aliphatic heterocycles. The van der Waals surface area contributed by atoms with Crippen LogP contribution in [-0.2, 0) is 10.2 Å². The average Bonchev–Trinajstić information content (AvgIpc) is 2.90. The number of nitrogens with zero attached hydrogens (tertiary/aromatic N) is 3. The van der Waals surface area contributed by atoms with Crippen LogP contribution in [0.4, 0.5) is 0 Å². The van der Waals surface area contributed by atoms with Crippen molar-refractivity contribution in [2.45, 2.75) is 26.2 Å². The van der Waals surface area contributed by atoms with E-state index in [-0.39, 0.29) is 5.91 Å². The summed E-state index contributed by atoms with van der Waals surface area (Å²) >= 11 is 0. The fourth-order valence-corrected chi connectivity index (χ4v) is 2.39. The second kappa shape index (κ2) is 4.94. The van der Waals surface area contributed by atoms with Crippen LogP contribution in [0.2, 0.25) is 0 Å². The van der Waals surface area contributed by atoms with Crippen LogP contribution < -0.4 is 5.73 Å². The molecule has 0 aromatic carbocycles. The maximum Gasteiger partial charge on any atom is 0.227 e. The highest BCUT2D eigenvalue weighted by atomic mass is 16.1. The number of rotatable bonds is 3. The first kappa shape index (κ1) is 14.3. The molecule has 0 spiro atoms. The molecule has 3 aromatic heterocycles. The number of hydrogen-bond donors (Lipinski definition) is 1. The van der Waals surface area contributed by atoms with E-state index in [0.29, 0.717) is 0 Å². The summed E-state index contributed by atoms with van der Waals surface area (Å²) in [4.78, 5) is 20.4. The lowest BCUT2D eigenvalue weighted by atomic mass is 9.85. The van der Waals surface area contributed by atoms with Crippen LogP contribution in [0.25, 0.3) is 16.7 Å². The van der Waals surface area contributed by atoms with Crippen molar-refractivity contribution in [1.82, 2.24) is 14.5 Å². The molecule has 22 heavy (non-hydrogen) atoms. The van der Waals surface area contributed by atoms with Gasteiger partial charge >= 0.3 is 0 Å². The summed E-state index contributed by atoms with van der Waals surface area (Å²) in [6, 6.07) is 6.03. The highest BCUT2D eigenvalue weighted by molar-refractivity contribution is 5.86. The Bertz CT molecular complexity index is 864. The zero-order valence-corrected chi connectivity index (χ0v) is 12.9. The Morgan fingerprint density at radius 2 is 2.00 bits per heavy atom. The van der Waals surface area contributed by atoms with Gasteiger partial charge in [0.2, 0.25) is 5.91 Å². The molecule has 112 valence electrons. The minimum atomic E-state index is -0.768. The van der Waals surface area contributed by atoms with E-state index >= 15 is 0 Å². The number of fused-ring (bicyclic) bond motifs is 1. The van der Waals surface area contributed by atoms with Gasteiger partial charge < -0.3 is 5.73 Å². The molecule has 5 nitrogen and oxygen atoms in total. The van der Waals surface area contributed by atoms with Gasteiger partial charge in [0.15, 0.2) is 0 Å². The lowest BCUT2D eigenvalue weighted by Crippen LogP contribution is -2.35. The minimum Gasteiger partial charge on any atom is -0.369 e. The molecule has 0 saturated carbocycles. The van der Waals surface area contributed by atoms with E-state index in [9.17, 15) is 4.79 Å². The van der Waals surface area contributed by atoms with Gasteiger partial charge in [-0.1, -0.05) is 0 Å². The van der Waals surface area contributed by atoms with Gasteiger partial charge in [-0.05, 0) is 50.1 Å². The number of aryl methyl sites for hydroxylation is 1. The van der Waals surface area contributed by atoms with E-state index in [1.165, 1.54) is 0 Å². The molecule has 1 amide bonds. The van der Waals surface area contributed by atoms with Gasteiger partial charge in [-0.25, -0.2) is 4.98 Å².